The molecule has 172 valence electrons. The van der Waals surface area contributed by atoms with Crippen molar-refractivity contribution in [2.24, 2.45) is 5.10 Å². The molecule has 0 unspecified atom stereocenters. The molecule has 11 heteroatoms. The van der Waals surface area contributed by atoms with Crippen LogP contribution in [0.3, 0.4) is 0 Å². The summed E-state index contributed by atoms with van der Waals surface area (Å²) in [6.45, 7) is 0.296. The van der Waals surface area contributed by atoms with Gasteiger partial charge in [0.1, 0.15) is 12.4 Å². The van der Waals surface area contributed by atoms with Crippen LogP contribution in [0, 0.1) is 10.1 Å². The highest BCUT2D eigenvalue weighted by atomic mass is 32.2. The Bertz CT molecular complexity index is 1280. The fourth-order valence-corrected chi connectivity index (χ4v) is 3.62. The number of nitrogens with zero attached hydrogens (tertiary/aromatic N) is 2. The van der Waals surface area contributed by atoms with Gasteiger partial charge in [-0.2, -0.15) is 13.5 Å². The molecule has 3 aromatic carbocycles. The Hall–Kier alpha value is -4.12. The van der Waals surface area contributed by atoms with Crippen molar-refractivity contribution in [3.8, 4) is 17.2 Å². The normalized spacial score (nSPS) is 11.2. The van der Waals surface area contributed by atoms with Crippen molar-refractivity contribution in [1.82, 2.24) is 4.83 Å². The average molecular weight is 471 g/mol. The van der Waals surface area contributed by atoms with Crippen LogP contribution in [0.1, 0.15) is 11.1 Å². The van der Waals surface area contributed by atoms with E-state index in [1.165, 1.54) is 31.5 Å². The highest BCUT2D eigenvalue weighted by Gasteiger charge is 2.16. The molecule has 0 aromatic heterocycles. The molecule has 0 saturated carbocycles. The van der Waals surface area contributed by atoms with Crippen molar-refractivity contribution in [1.29, 1.82) is 0 Å². The molecular formula is C22H21N3O7S. The minimum Gasteiger partial charge on any atom is -0.497 e. The highest BCUT2D eigenvalue weighted by Crippen LogP contribution is 2.28. The first kappa shape index (κ1) is 23.5. The van der Waals surface area contributed by atoms with Crippen LogP contribution in [0.15, 0.2) is 76.7 Å². The quantitative estimate of drug-likeness (QED) is 0.272. The van der Waals surface area contributed by atoms with Crippen LogP contribution in [0.4, 0.5) is 5.69 Å². The molecular weight excluding hydrogens is 450 g/mol. The third-order valence-electron chi connectivity index (χ3n) is 4.44. The molecule has 0 amide bonds. The minimum absolute atomic E-state index is 0.271. The largest absolute Gasteiger partial charge is 0.497 e. The van der Waals surface area contributed by atoms with E-state index in [1.54, 1.807) is 25.3 Å². The Labute approximate surface area is 190 Å². The van der Waals surface area contributed by atoms with Gasteiger partial charge in [-0.05, 0) is 47.5 Å². The molecule has 0 aliphatic carbocycles. The van der Waals surface area contributed by atoms with Crippen molar-refractivity contribution in [3.63, 3.8) is 0 Å². The van der Waals surface area contributed by atoms with E-state index in [4.69, 9.17) is 14.2 Å². The number of nitro benzene ring substituents is 1. The van der Waals surface area contributed by atoms with Gasteiger partial charge in [0.25, 0.3) is 15.7 Å². The van der Waals surface area contributed by atoms with Gasteiger partial charge < -0.3 is 14.2 Å². The van der Waals surface area contributed by atoms with Crippen LogP contribution in [0.5, 0.6) is 17.2 Å². The van der Waals surface area contributed by atoms with Crippen molar-refractivity contribution in [2.45, 2.75) is 11.5 Å². The van der Waals surface area contributed by atoms with E-state index >= 15 is 0 Å². The number of hydrazone groups is 1. The van der Waals surface area contributed by atoms with Gasteiger partial charge in [0.2, 0.25) is 0 Å². The van der Waals surface area contributed by atoms with E-state index in [0.29, 0.717) is 23.7 Å². The van der Waals surface area contributed by atoms with E-state index in [2.05, 4.69) is 5.10 Å². The number of non-ortho nitro benzene ring substituents is 1. The number of hydrogen-bond donors (Lipinski definition) is 1. The third-order valence-corrected chi connectivity index (χ3v) is 5.66. The monoisotopic (exact) mass is 471 g/mol. The second-order valence-corrected chi connectivity index (χ2v) is 8.32. The lowest BCUT2D eigenvalue weighted by Gasteiger charge is -2.12. The van der Waals surface area contributed by atoms with Gasteiger partial charge in [0.05, 0.1) is 30.3 Å². The lowest BCUT2D eigenvalue weighted by Crippen LogP contribution is -2.18. The number of rotatable bonds is 10. The van der Waals surface area contributed by atoms with Gasteiger partial charge in [-0.15, -0.1) is 0 Å². The number of nitrogens with one attached hydrogen (secondary N) is 1. The zero-order chi connectivity index (χ0) is 23.8. The third kappa shape index (κ3) is 6.20. The van der Waals surface area contributed by atoms with Crippen molar-refractivity contribution < 1.29 is 27.6 Å². The van der Waals surface area contributed by atoms with E-state index in [1.807, 2.05) is 29.1 Å². The molecule has 0 aliphatic rings. The van der Waals surface area contributed by atoms with Crippen molar-refractivity contribution in [2.75, 3.05) is 14.2 Å². The number of nitro groups is 1. The van der Waals surface area contributed by atoms with Crippen LogP contribution in [-0.4, -0.2) is 33.8 Å². The van der Waals surface area contributed by atoms with Gasteiger partial charge in [0.15, 0.2) is 11.5 Å². The van der Waals surface area contributed by atoms with E-state index in [-0.39, 0.29) is 10.6 Å². The van der Waals surface area contributed by atoms with Crippen LogP contribution < -0.4 is 19.0 Å². The Kier molecular flexibility index (Phi) is 7.46. The summed E-state index contributed by atoms with van der Waals surface area (Å²) < 4.78 is 41.1. The lowest BCUT2D eigenvalue weighted by atomic mass is 10.2. The van der Waals surface area contributed by atoms with Crippen molar-refractivity contribution >= 4 is 21.9 Å². The Balaban J connectivity index is 1.68. The minimum atomic E-state index is -4.07. The molecule has 10 nitrogen and oxygen atoms in total. The van der Waals surface area contributed by atoms with E-state index < -0.39 is 14.9 Å². The first-order valence-corrected chi connectivity index (χ1v) is 11.0. The fraction of sp³-hybridized carbons (Fsp3) is 0.136. The van der Waals surface area contributed by atoms with Crippen molar-refractivity contribution in [3.05, 3.63) is 88.0 Å². The summed E-state index contributed by atoms with van der Waals surface area (Å²) in [5, 5.41) is 14.6. The molecule has 0 bridgehead atoms. The molecule has 3 rings (SSSR count). The molecule has 0 aliphatic heterocycles. The summed E-state index contributed by atoms with van der Waals surface area (Å²) in [4.78, 5) is 11.9. The van der Waals surface area contributed by atoms with E-state index in [9.17, 15) is 18.5 Å². The highest BCUT2D eigenvalue weighted by molar-refractivity contribution is 7.89. The molecule has 0 atom stereocenters. The zero-order valence-corrected chi connectivity index (χ0v) is 18.6. The summed E-state index contributed by atoms with van der Waals surface area (Å²) in [5.41, 5.74) is 1.12. The number of benzene rings is 3. The molecule has 1 N–H and O–H groups in total. The van der Waals surface area contributed by atoms with Crippen LogP contribution in [0.25, 0.3) is 0 Å². The maximum absolute atomic E-state index is 12.3. The summed E-state index contributed by atoms with van der Waals surface area (Å²) in [6.07, 6.45) is 1.28. The maximum Gasteiger partial charge on any atom is 0.276 e. The number of ether oxygens (including phenoxy) is 3. The molecule has 0 heterocycles. The molecule has 3 aromatic rings. The lowest BCUT2D eigenvalue weighted by molar-refractivity contribution is -0.385. The topological polar surface area (TPSA) is 129 Å². The van der Waals surface area contributed by atoms with Gasteiger partial charge in [-0.25, -0.2) is 4.83 Å². The molecule has 0 fully saturated rings. The summed E-state index contributed by atoms with van der Waals surface area (Å²) in [5.74, 6) is 1.65. The van der Waals surface area contributed by atoms with Crippen LogP contribution >= 0.6 is 0 Å². The second-order valence-electron chi connectivity index (χ2n) is 6.66. The van der Waals surface area contributed by atoms with Gasteiger partial charge in [-0.1, -0.05) is 18.2 Å². The predicted octanol–water partition coefficient (Wildman–Crippen LogP) is 3.50. The van der Waals surface area contributed by atoms with Crippen LogP contribution in [0.2, 0.25) is 0 Å². The number of hydrogen-bond acceptors (Lipinski definition) is 8. The smallest absolute Gasteiger partial charge is 0.276 e. The molecule has 33 heavy (non-hydrogen) atoms. The van der Waals surface area contributed by atoms with Gasteiger partial charge in [0, 0.05) is 12.1 Å². The molecule has 0 spiro atoms. The van der Waals surface area contributed by atoms with Crippen LogP contribution in [-0.2, 0) is 16.6 Å². The number of sulfonamides is 1. The molecule has 0 saturated heterocycles. The fourth-order valence-electron chi connectivity index (χ4n) is 2.79. The van der Waals surface area contributed by atoms with Gasteiger partial charge in [-0.3, -0.25) is 10.1 Å². The Morgan fingerprint density at radius 2 is 1.79 bits per heavy atom. The summed E-state index contributed by atoms with van der Waals surface area (Å²) in [7, 11) is -0.998. The summed E-state index contributed by atoms with van der Waals surface area (Å²) in [6, 6.07) is 17.1. The van der Waals surface area contributed by atoms with Gasteiger partial charge >= 0.3 is 0 Å². The summed E-state index contributed by atoms with van der Waals surface area (Å²) >= 11 is 0. The second kappa shape index (κ2) is 10.5. The Morgan fingerprint density at radius 1 is 1.00 bits per heavy atom. The van der Waals surface area contributed by atoms with E-state index in [0.717, 1.165) is 17.4 Å². The first-order chi connectivity index (χ1) is 15.8. The first-order valence-electron chi connectivity index (χ1n) is 9.55. The number of methoxy groups -OCH3 is 2. The predicted molar refractivity (Wildman–Crippen MR) is 121 cm³/mol. The molecule has 0 radical (unpaired) electrons. The SMILES string of the molecule is COc1cccc(COc2ccc(C=NNS(=O)(=O)c3cccc([N+](=O)[O-])c3)cc2OC)c1. The Morgan fingerprint density at radius 3 is 2.52 bits per heavy atom. The standard InChI is InChI=1S/C22H21N3O7S/c1-30-19-7-3-5-17(11-19)15-32-21-10-9-16(12-22(21)31-2)14-23-24-33(28,29)20-8-4-6-18(13-20)25(26)27/h3-14,24H,15H2,1-2H3. The zero-order valence-electron chi connectivity index (χ0n) is 17.8. The maximum atomic E-state index is 12.3. The average Bonchev–Trinajstić information content (AvgIpc) is 2.83.